The summed E-state index contributed by atoms with van der Waals surface area (Å²) in [6.07, 6.45) is 2.78. The number of carbonyl (C=O) groups excluding carboxylic acids is 1. The molecule has 6 nitrogen and oxygen atoms in total. The van der Waals surface area contributed by atoms with Crippen molar-refractivity contribution in [3.63, 3.8) is 0 Å². The van der Waals surface area contributed by atoms with Crippen LogP contribution >= 0.6 is 0 Å². The van der Waals surface area contributed by atoms with Gasteiger partial charge in [0, 0.05) is 18.3 Å². The summed E-state index contributed by atoms with van der Waals surface area (Å²) in [5.74, 6) is -1.12. The van der Waals surface area contributed by atoms with E-state index in [1.165, 1.54) is 12.3 Å². The topological polar surface area (TPSA) is 83.6 Å². The molecule has 1 aromatic heterocycles. The molecule has 0 saturated heterocycles. The van der Waals surface area contributed by atoms with E-state index in [2.05, 4.69) is 5.16 Å². The van der Waals surface area contributed by atoms with Gasteiger partial charge in [0.15, 0.2) is 0 Å². The van der Waals surface area contributed by atoms with E-state index in [0.29, 0.717) is 24.2 Å². The zero-order chi connectivity index (χ0) is 14.1. The quantitative estimate of drug-likeness (QED) is 0.903. The zero-order valence-corrected chi connectivity index (χ0v) is 10.6. The second-order valence-corrected chi connectivity index (χ2v) is 4.55. The maximum absolute atomic E-state index is 12.3. The van der Waals surface area contributed by atoms with E-state index < -0.39 is 5.97 Å². The predicted octanol–water partition coefficient (Wildman–Crippen LogP) is 1.97. The van der Waals surface area contributed by atoms with E-state index in [9.17, 15) is 14.7 Å². The van der Waals surface area contributed by atoms with E-state index in [4.69, 9.17) is 4.52 Å². The second-order valence-electron chi connectivity index (χ2n) is 4.55. The van der Waals surface area contributed by atoms with Gasteiger partial charge >= 0.3 is 5.97 Å². The van der Waals surface area contributed by atoms with Crippen molar-refractivity contribution in [2.24, 2.45) is 0 Å². The van der Waals surface area contributed by atoms with Gasteiger partial charge in [0.25, 0.3) is 5.91 Å². The van der Waals surface area contributed by atoms with Gasteiger partial charge in [0.1, 0.15) is 0 Å². The third kappa shape index (κ3) is 1.95. The maximum atomic E-state index is 12.3. The fraction of sp³-hybridized carbons (Fsp3) is 0.214. The van der Waals surface area contributed by atoms with Crippen LogP contribution in [0.2, 0.25) is 0 Å². The monoisotopic (exact) mass is 272 g/mol. The van der Waals surface area contributed by atoms with Crippen LogP contribution in [0.5, 0.6) is 0 Å². The lowest BCUT2D eigenvalue weighted by atomic mass is 9.96. The Hall–Kier alpha value is -2.63. The maximum Gasteiger partial charge on any atom is 0.336 e. The van der Waals surface area contributed by atoms with Crippen LogP contribution in [0.15, 0.2) is 35.0 Å². The lowest BCUT2D eigenvalue weighted by molar-refractivity contribution is 0.0695. The SMILES string of the molecule is O=C(O)c1cccc2c1CCCN2C(=O)c1ccno1. The van der Waals surface area contributed by atoms with Gasteiger partial charge in [0.05, 0.1) is 11.8 Å². The summed E-state index contributed by atoms with van der Waals surface area (Å²) >= 11 is 0. The summed E-state index contributed by atoms with van der Waals surface area (Å²) in [6, 6.07) is 6.46. The highest BCUT2D eigenvalue weighted by Gasteiger charge is 2.28. The molecule has 0 radical (unpaired) electrons. The Balaban J connectivity index is 2.05. The lowest BCUT2D eigenvalue weighted by Gasteiger charge is -2.29. The van der Waals surface area contributed by atoms with Crippen molar-refractivity contribution in [3.8, 4) is 0 Å². The Morgan fingerprint density at radius 2 is 2.15 bits per heavy atom. The number of amides is 1. The first-order chi connectivity index (χ1) is 9.68. The van der Waals surface area contributed by atoms with Gasteiger partial charge in [-0.3, -0.25) is 4.79 Å². The molecular weight excluding hydrogens is 260 g/mol. The Morgan fingerprint density at radius 1 is 1.30 bits per heavy atom. The van der Waals surface area contributed by atoms with Crippen LogP contribution in [-0.2, 0) is 6.42 Å². The van der Waals surface area contributed by atoms with Crippen molar-refractivity contribution in [1.29, 1.82) is 0 Å². The molecule has 1 N–H and O–H groups in total. The number of rotatable bonds is 2. The molecule has 20 heavy (non-hydrogen) atoms. The number of nitrogens with zero attached hydrogens (tertiary/aromatic N) is 2. The Labute approximate surface area is 114 Å². The van der Waals surface area contributed by atoms with E-state index in [-0.39, 0.29) is 17.2 Å². The lowest BCUT2D eigenvalue weighted by Crippen LogP contribution is -2.35. The first-order valence-corrected chi connectivity index (χ1v) is 6.26. The number of carbonyl (C=O) groups is 2. The first kappa shape index (κ1) is 12.4. The van der Waals surface area contributed by atoms with Crippen LogP contribution in [0.3, 0.4) is 0 Å². The molecule has 0 aliphatic carbocycles. The third-order valence-corrected chi connectivity index (χ3v) is 3.37. The highest BCUT2D eigenvalue weighted by Crippen LogP contribution is 2.31. The first-order valence-electron chi connectivity index (χ1n) is 6.26. The molecule has 2 heterocycles. The number of fused-ring (bicyclic) bond motifs is 1. The van der Waals surface area contributed by atoms with Gasteiger partial charge in [-0.05, 0) is 30.5 Å². The molecule has 1 amide bonds. The molecule has 1 aromatic carbocycles. The molecule has 2 aromatic rings. The number of aromatic carboxylic acids is 1. The molecule has 1 aliphatic rings. The van der Waals surface area contributed by atoms with Crippen LogP contribution in [-0.4, -0.2) is 28.7 Å². The molecular formula is C14H12N2O4. The largest absolute Gasteiger partial charge is 0.478 e. The van der Waals surface area contributed by atoms with Crippen LogP contribution in [0.4, 0.5) is 5.69 Å². The van der Waals surface area contributed by atoms with Crippen molar-refractivity contribution in [3.05, 3.63) is 47.3 Å². The smallest absolute Gasteiger partial charge is 0.336 e. The summed E-state index contributed by atoms with van der Waals surface area (Å²) in [5, 5.41) is 12.7. The van der Waals surface area contributed by atoms with Crippen molar-refractivity contribution < 1.29 is 19.2 Å². The summed E-state index contributed by atoms with van der Waals surface area (Å²) in [6.45, 7) is 0.537. The van der Waals surface area contributed by atoms with E-state index in [1.807, 2.05) is 0 Å². The Morgan fingerprint density at radius 3 is 2.85 bits per heavy atom. The molecule has 0 unspecified atom stereocenters. The van der Waals surface area contributed by atoms with Crippen LogP contribution in [0, 0.1) is 0 Å². The number of anilines is 1. The number of carboxylic acids is 1. The number of hydrogen-bond donors (Lipinski definition) is 1. The Bertz CT molecular complexity index is 664. The van der Waals surface area contributed by atoms with Gasteiger partial charge in [-0.1, -0.05) is 11.2 Å². The summed E-state index contributed by atoms with van der Waals surface area (Å²) in [5.41, 5.74) is 1.58. The molecule has 102 valence electrons. The minimum atomic E-state index is -0.976. The van der Waals surface area contributed by atoms with Gasteiger partial charge < -0.3 is 14.5 Å². The molecule has 0 atom stereocenters. The van der Waals surface area contributed by atoms with Gasteiger partial charge in [-0.25, -0.2) is 4.79 Å². The fourth-order valence-electron chi connectivity index (χ4n) is 2.50. The molecule has 3 rings (SSSR count). The van der Waals surface area contributed by atoms with Gasteiger partial charge in [0.2, 0.25) is 5.76 Å². The summed E-state index contributed by atoms with van der Waals surface area (Å²) < 4.78 is 4.88. The predicted molar refractivity (Wildman–Crippen MR) is 69.9 cm³/mol. The van der Waals surface area contributed by atoms with Crippen LogP contribution in [0.25, 0.3) is 0 Å². The minimum absolute atomic E-state index is 0.151. The standard InChI is InChI=1S/C14H12N2O4/c17-13(12-6-7-15-20-12)16-8-2-4-9-10(14(18)19)3-1-5-11(9)16/h1,3,5-7H,2,4,8H2,(H,18,19). The zero-order valence-electron chi connectivity index (χ0n) is 10.6. The van der Waals surface area contributed by atoms with Crippen LogP contribution in [0.1, 0.15) is 32.9 Å². The number of aromatic nitrogens is 1. The molecule has 0 saturated carbocycles. The van der Waals surface area contributed by atoms with Crippen molar-refractivity contribution >= 4 is 17.6 Å². The number of hydrogen-bond acceptors (Lipinski definition) is 4. The van der Waals surface area contributed by atoms with Crippen LogP contribution < -0.4 is 4.90 Å². The number of benzene rings is 1. The molecule has 0 fully saturated rings. The molecule has 0 spiro atoms. The second kappa shape index (κ2) is 4.80. The van der Waals surface area contributed by atoms with Crippen molar-refractivity contribution in [2.75, 3.05) is 11.4 Å². The average Bonchev–Trinajstić information content (AvgIpc) is 2.99. The van der Waals surface area contributed by atoms with E-state index in [0.717, 1.165) is 6.42 Å². The molecule has 0 bridgehead atoms. The third-order valence-electron chi connectivity index (χ3n) is 3.37. The minimum Gasteiger partial charge on any atom is -0.478 e. The highest BCUT2D eigenvalue weighted by atomic mass is 16.5. The highest BCUT2D eigenvalue weighted by molar-refractivity contribution is 6.05. The fourth-order valence-corrected chi connectivity index (χ4v) is 2.50. The van der Waals surface area contributed by atoms with Crippen molar-refractivity contribution in [2.45, 2.75) is 12.8 Å². The van der Waals surface area contributed by atoms with Gasteiger partial charge in [-0.15, -0.1) is 0 Å². The Kier molecular flexibility index (Phi) is 2.98. The summed E-state index contributed by atoms with van der Waals surface area (Å²) in [4.78, 5) is 25.1. The summed E-state index contributed by atoms with van der Waals surface area (Å²) in [7, 11) is 0. The average molecular weight is 272 g/mol. The molecule has 1 aliphatic heterocycles. The normalized spacial score (nSPS) is 13.9. The van der Waals surface area contributed by atoms with Crippen molar-refractivity contribution in [1.82, 2.24) is 5.16 Å². The van der Waals surface area contributed by atoms with E-state index >= 15 is 0 Å². The number of carboxylic acid groups (broad SMARTS) is 1. The van der Waals surface area contributed by atoms with Gasteiger partial charge in [-0.2, -0.15) is 0 Å². The van der Waals surface area contributed by atoms with E-state index in [1.54, 1.807) is 23.1 Å². The molecule has 6 heteroatoms.